The number of aryl methyl sites for hydroxylation is 2. The zero-order valence-corrected chi connectivity index (χ0v) is 11.8. The minimum Gasteiger partial charge on any atom is -0.248 e. The Hall–Kier alpha value is -1.24. The molecule has 6 heteroatoms. The largest absolute Gasteiger partial charge is 0.248 e. The van der Waals surface area contributed by atoms with E-state index in [1.807, 2.05) is 13.0 Å². The fraction of sp³-hybridized carbons (Fsp3) is 0.250. The van der Waals surface area contributed by atoms with Gasteiger partial charge in [-0.05, 0) is 25.5 Å². The zero-order chi connectivity index (χ0) is 13.2. The summed E-state index contributed by atoms with van der Waals surface area (Å²) in [5.74, 6) is 0. The highest BCUT2D eigenvalue weighted by Gasteiger charge is 2.16. The predicted molar refractivity (Wildman–Crippen MR) is 72.1 cm³/mol. The summed E-state index contributed by atoms with van der Waals surface area (Å²) in [6.07, 6.45) is 1.74. The van der Waals surface area contributed by atoms with Gasteiger partial charge in [0.1, 0.15) is 5.01 Å². The monoisotopic (exact) mass is 282 g/mol. The van der Waals surface area contributed by atoms with Crippen molar-refractivity contribution in [1.82, 2.24) is 9.71 Å². The van der Waals surface area contributed by atoms with Gasteiger partial charge in [0.05, 0.1) is 11.4 Å². The third-order valence-electron chi connectivity index (χ3n) is 2.47. The highest BCUT2D eigenvalue weighted by molar-refractivity contribution is 7.89. The molecule has 1 heterocycles. The van der Waals surface area contributed by atoms with Gasteiger partial charge in [-0.15, -0.1) is 11.3 Å². The van der Waals surface area contributed by atoms with Gasteiger partial charge in [0.2, 0.25) is 10.0 Å². The first-order chi connectivity index (χ1) is 8.49. The fourth-order valence-electron chi connectivity index (χ4n) is 1.58. The van der Waals surface area contributed by atoms with Gasteiger partial charge in [0.15, 0.2) is 0 Å². The van der Waals surface area contributed by atoms with E-state index in [1.54, 1.807) is 31.3 Å². The van der Waals surface area contributed by atoms with Gasteiger partial charge in [0, 0.05) is 11.1 Å². The van der Waals surface area contributed by atoms with E-state index in [2.05, 4.69) is 9.71 Å². The number of aromatic nitrogens is 1. The minimum absolute atomic E-state index is 0.231. The molecule has 0 spiro atoms. The fourth-order valence-corrected chi connectivity index (χ4v) is 3.63. The van der Waals surface area contributed by atoms with E-state index in [-0.39, 0.29) is 6.54 Å². The SMILES string of the molecule is Cc1cnc(CNS(=O)(=O)c2ccccc2C)s1. The van der Waals surface area contributed by atoms with E-state index in [1.165, 1.54) is 11.3 Å². The number of hydrogen-bond acceptors (Lipinski definition) is 4. The molecule has 0 saturated carbocycles. The number of thiazole rings is 1. The topological polar surface area (TPSA) is 59.1 Å². The summed E-state index contributed by atoms with van der Waals surface area (Å²) < 4.78 is 26.8. The third-order valence-corrected chi connectivity index (χ3v) is 4.94. The van der Waals surface area contributed by atoms with Gasteiger partial charge in [-0.25, -0.2) is 18.1 Å². The van der Waals surface area contributed by atoms with Crippen LogP contribution in [0, 0.1) is 13.8 Å². The Bertz CT molecular complexity index is 648. The van der Waals surface area contributed by atoms with E-state index in [4.69, 9.17) is 0 Å². The molecule has 0 saturated heterocycles. The first-order valence-electron chi connectivity index (χ1n) is 5.45. The third kappa shape index (κ3) is 2.95. The van der Waals surface area contributed by atoms with E-state index < -0.39 is 10.0 Å². The normalized spacial score (nSPS) is 11.7. The van der Waals surface area contributed by atoms with Gasteiger partial charge in [0.25, 0.3) is 0 Å². The number of nitrogens with zero attached hydrogens (tertiary/aromatic N) is 1. The lowest BCUT2D eigenvalue weighted by molar-refractivity contribution is 0.580. The van der Waals surface area contributed by atoms with Crippen LogP contribution < -0.4 is 4.72 Å². The predicted octanol–water partition coefficient (Wildman–Crippen LogP) is 2.24. The van der Waals surface area contributed by atoms with Crippen molar-refractivity contribution in [1.29, 1.82) is 0 Å². The van der Waals surface area contributed by atoms with Crippen LogP contribution in [0.5, 0.6) is 0 Å². The van der Waals surface area contributed by atoms with Gasteiger partial charge >= 0.3 is 0 Å². The van der Waals surface area contributed by atoms with Crippen molar-refractivity contribution in [3.8, 4) is 0 Å². The van der Waals surface area contributed by atoms with Crippen molar-refractivity contribution in [3.05, 3.63) is 45.9 Å². The van der Waals surface area contributed by atoms with Crippen LogP contribution in [0.25, 0.3) is 0 Å². The van der Waals surface area contributed by atoms with Crippen LogP contribution in [0.4, 0.5) is 0 Å². The van der Waals surface area contributed by atoms with Gasteiger partial charge in [-0.1, -0.05) is 18.2 Å². The summed E-state index contributed by atoms with van der Waals surface area (Å²) in [6, 6.07) is 6.92. The Morgan fingerprint density at radius 3 is 2.61 bits per heavy atom. The van der Waals surface area contributed by atoms with Crippen molar-refractivity contribution in [2.45, 2.75) is 25.3 Å². The molecule has 0 aliphatic rings. The van der Waals surface area contributed by atoms with Crippen molar-refractivity contribution in [2.24, 2.45) is 0 Å². The molecule has 0 aliphatic heterocycles. The molecule has 1 aromatic heterocycles. The molecule has 1 N–H and O–H groups in total. The van der Waals surface area contributed by atoms with Crippen molar-refractivity contribution < 1.29 is 8.42 Å². The van der Waals surface area contributed by atoms with Gasteiger partial charge < -0.3 is 0 Å². The Labute approximate surface area is 111 Å². The Morgan fingerprint density at radius 1 is 1.28 bits per heavy atom. The average molecular weight is 282 g/mol. The summed E-state index contributed by atoms with van der Waals surface area (Å²) in [7, 11) is -3.46. The molecular weight excluding hydrogens is 268 g/mol. The summed E-state index contributed by atoms with van der Waals surface area (Å²) in [4.78, 5) is 5.51. The summed E-state index contributed by atoms with van der Waals surface area (Å²) >= 11 is 1.49. The van der Waals surface area contributed by atoms with Crippen LogP contribution in [0.2, 0.25) is 0 Å². The second-order valence-electron chi connectivity index (χ2n) is 3.95. The second-order valence-corrected chi connectivity index (χ2v) is 7.01. The number of benzene rings is 1. The highest BCUT2D eigenvalue weighted by Crippen LogP contribution is 2.15. The van der Waals surface area contributed by atoms with Gasteiger partial charge in [-0.3, -0.25) is 0 Å². The number of rotatable bonds is 4. The molecule has 1 aromatic carbocycles. The van der Waals surface area contributed by atoms with E-state index in [9.17, 15) is 8.42 Å². The smallest absolute Gasteiger partial charge is 0.241 e. The minimum atomic E-state index is -3.46. The molecular formula is C12H14N2O2S2. The van der Waals surface area contributed by atoms with Gasteiger partial charge in [-0.2, -0.15) is 0 Å². The van der Waals surface area contributed by atoms with Crippen molar-refractivity contribution >= 4 is 21.4 Å². The number of sulfonamides is 1. The second kappa shape index (κ2) is 5.17. The summed E-state index contributed by atoms with van der Waals surface area (Å²) in [5.41, 5.74) is 0.736. The standard InChI is InChI=1S/C12H14N2O2S2/c1-9-5-3-4-6-11(9)18(15,16)14-8-12-13-7-10(2)17-12/h3-7,14H,8H2,1-2H3. The molecule has 0 atom stereocenters. The van der Waals surface area contributed by atoms with Crippen molar-refractivity contribution in [2.75, 3.05) is 0 Å². The molecule has 0 aliphatic carbocycles. The zero-order valence-electron chi connectivity index (χ0n) is 10.2. The molecule has 4 nitrogen and oxygen atoms in total. The molecule has 18 heavy (non-hydrogen) atoms. The van der Waals surface area contributed by atoms with E-state index in [0.29, 0.717) is 4.90 Å². The lowest BCUT2D eigenvalue weighted by Gasteiger charge is -2.07. The van der Waals surface area contributed by atoms with Crippen LogP contribution in [0.15, 0.2) is 35.4 Å². The molecule has 96 valence electrons. The highest BCUT2D eigenvalue weighted by atomic mass is 32.2. The average Bonchev–Trinajstić information content (AvgIpc) is 2.73. The quantitative estimate of drug-likeness (QED) is 0.935. The molecule has 0 radical (unpaired) electrons. The van der Waals surface area contributed by atoms with E-state index in [0.717, 1.165) is 15.4 Å². The van der Waals surface area contributed by atoms with Crippen LogP contribution >= 0.6 is 11.3 Å². The number of hydrogen-bond donors (Lipinski definition) is 1. The first kappa shape index (κ1) is 13.2. The molecule has 0 amide bonds. The Kier molecular flexibility index (Phi) is 3.79. The molecule has 0 fully saturated rings. The Morgan fingerprint density at radius 2 is 2.00 bits per heavy atom. The van der Waals surface area contributed by atoms with Crippen molar-refractivity contribution in [3.63, 3.8) is 0 Å². The van der Waals surface area contributed by atoms with Crippen LogP contribution in [-0.2, 0) is 16.6 Å². The lowest BCUT2D eigenvalue weighted by Crippen LogP contribution is -2.23. The van der Waals surface area contributed by atoms with Crippen LogP contribution in [-0.4, -0.2) is 13.4 Å². The molecule has 0 unspecified atom stereocenters. The van der Waals surface area contributed by atoms with Crippen LogP contribution in [0.1, 0.15) is 15.4 Å². The number of nitrogens with one attached hydrogen (secondary N) is 1. The molecule has 0 bridgehead atoms. The summed E-state index contributed by atoms with van der Waals surface area (Å²) in [5, 5.41) is 0.768. The maximum absolute atomic E-state index is 12.1. The Balaban J connectivity index is 2.16. The first-order valence-corrected chi connectivity index (χ1v) is 7.75. The maximum atomic E-state index is 12.1. The summed E-state index contributed by atoms with van der Waals surface area (Å²) in [6.45, 7) is 3.95. The molecule has 2 aromatic rings. The maximum Gasteiger partial charge on any atom is 0.241 e. The van der Waals surface area contributed by atoms with E-state index >= 15 is 0 Å². The molecule has 2 rings (SSSR count). The van der Waals surface area contributed by atoms with Crippen LogP contribution in [0.3, 0.4) is 0 Å². The lowest BCUT2D eigenvalue weighted by atomic mass is 10.2.